The number of carbonyl (C=O) groups excluding carboxylic acids is 1. The van der Waals surface area contributed by atoms with Gasteiger partial charge in [-0.15, -0.1) is 0 Å². The maximum absolute atomic E-state index is 13.5. The Kier molecular flexibility index (Phi) is 6.55. The van der Waals surface area contributed by atoms with Gasteiger partial charge in [0.25, 0.3) is 0 Å². The molecular weight excluding hydrogens is 418 g/mol. The van der Waals surface area contributed by atoms with E-state index in [2.05, 4.69) is 5.32 Å². The molecule has 162 valence electrons. The predicted octanol–water partition coefficient (Wildman–Crippen LogP) is 4.11. The number of nitrogens with one attached hydrogen (secondary N) is 1. The minimum absolute atomic E-state index is 0.0583. The number of benzene rings is 2. The summed E-state index contributed by atoms with van der Waals surface area (Å²) in [7, 11) is 1.31. The first kappa shape index (κ1) is 22.2. The molecule has 0 saturated carbocycles. The van der Waals surface area contributed by atoms with Crippen molar-refractivity contribution < 1.29 is 19.6 Å². The van der Waals surface area contributed by atoms with Gasteiger partial charge in [0.2, 0.25) is 5.75 Å². The molecule has 9 heteroatoms. The van der Waals surface area contributed by atoms with Gasteiger partial charge in [0.15, 0.2) is 16.6 Å². The Morgan fingerprint density at radius 3 is 2.58 bits per heavy atom. The lowest BCUT2D eigenvalue weighted by atomic mass is 9.88. The van der Waals surface area contributed by atoms with Gasteiger partial charge in [-0.2, -0.15) is 0 Å². The number of Topliss-reactive ketones (excluding diaryl/α,β-unsaturated/α-hetero) is 1. The van der Waals surface area contributed by atoms with E-state index in [4.69, 9.17) is 17.0 Å². The maximum Gasteiger partial charge on any atom is 0.315 e. The van der Waals surface area contributed by atoms with Crippen molar-refractivity contribution in [3.63, 3.8) is 0 Å². The van der Waals surface area contributed by atoms with E-state index >= 15 is 0 Å². The number of nitro benzene ring substituents is 1. The van der Waals surface area contributed by atoms with Crippen LogP contribution >= 0.6 is 12.2 Å². The van der Waals surface area contributed by atoms with E-state index in [0.29, 0.717) is 34.1 Å². The van der Waals surface area contributed by atoms with Crippen molar-refractivity contribution in [2.24, 2.45) is 0 Å². The second-order valence-corrected chi connectivity index (χ2v) is 7.46. The maximum atomic E-state index is 13.5. The molecule has 3 rings (SSSR count). The fourth-order valence-corrected chi connectivity index (χ4v) is 3.98. The van der Waals surface area contributed by atoms with Crippen LogP contribution < -0.4 is 10.1 Å². The summed E-state index contributed by atoms with van der Waals surface area (Å²) in [6, 6.07) is 10.8. The number of ketones is 1. The zero-order valence-corrected chi connectivity index (χ0v) is 18.2. The monoisotopic (exact) mass is 441 g/mol. The first-order valence-corrected chi connectivity index (χ1v) is 10.1. The topological polar surface area (TPSA) is 105 Å². The highest BCUT2D eigenvalue weighted by Crippen LogP contribution is 2.41. The number of phenolic OH excluding ortho intramolecular Hbond substituents is 1. The number of allylic oxidation sites excluding steroid dienone is 1. The van der Waals surface area contributed by atoms with Crippen molar-refractivity contribution in [1.29, 1.82) is 0 Å². The van der Waals surface area contributed by atoms with Gasteiger partial charge in [-0.05, 0) is 37.2 Å². The van der Waals surface area contributed by atoms with Crippen LogP contribution in [-0.2, 0) is 0 Å². The van der Waals surface area contributed by atoms with Crippen LogP contribution in [0.2, 0.25) is 0 Å². The Morgan fingerprint density at radius 1 is 1.32 bits per heavy atom. The highest BCUT2D eigenvalue weighted by molar-refractivity contribution is 7.80. The van der Waals surface area contributed by atoms with E-state index in [1.165, 1.54) is 19.2 Å². The van der Waals surface area contributed by atoms with E-state index in [-0.39, 0.29) is 11.5 Å². The van der Waals surface area contributed by atoms with Crippen LogP contribution in [0.4, 0.5) is 5.69 Å². The lowest BCUT2D eigenvalue weighted by Crippen LogP contribution is -2.47. The van der Waals surface area contributed by atoms with Crippen molar-refractivity contribution in [1.82, 2.24) is 10.2 Å². The molecule has 0 radical (unpaired) electrons. The van der Waals surface area contributed by atoms with Crippen molar-refractivity contribution in [3.05, 3.63) is 75.0 Å². The third-order valence-corrected chi connectivity index (χ3v) is 5.49. The molecule has 2 aromatic carbocycles. The molecule has 0 spiro atoms. The van der Waals surface area contributed by atoms with Gasteiger partial charge in [0, 0.05) is 29.4 Å². The molecule has 0 aliphatic carbocycles. The Bertz CT molecular complexity index is 1070. The predicted molar refractivity (Wildman–Crippen MR) is 120 cm³/mol. The zero-order valence-electron chi connectivity index (χ0n) is 17.4. The summed E-state index contributed by atoms with van der Waals surface area (Å²) >= 11 is 5.53. The molecule has 8 nitrogen and oxygen atoms in total. The fraction of sp³-hybridized carbons (Fsp3) is 0.273. The number of thiocarbonyl (C=S) groups is 1. The highest BCUT2D eigenvalue weighted by Gasteiger charge is 2.35. The molecule has 0 bridgehead atoms. The van der Waals surface area contributed by atoms with Crippen LogP contribution in [0, 0.1) is 10.1 Å². The molecule has 0 saturated heterocycles. The number of hydrogen-bond acceptors (Lipinski definition) is 6. The van der Waals surface area contributed by atoms with Gasteiger partial charge in [-0.3, -0.25) is 14.9 Å². The van der Waals surface area contributed by atoms with Crippen molar-refractivity contribution in [3.8, 4) is 11.5 Å². The third-order valence-electron chi connectivity index (χ3n) is 5.15. The Morgan fingerprint density at radius 2 is 2.00 bits per heavy atom. The minimum Gasteiger partial charge on any atom is -0.500 e. The van der Waals surface area contributed by atoms with Crippen LogP contribution in [0.5, 0.6) is 11.5 Å². The first-order chi connectivity index (χ1) is 14.8. The molecule has 1 unspecified atom stereocenters. The second-order valence-electron chi connectivity index (χ2n) is 7.08. The summed E-state index contributed by atoms with van der Waals surface area (Å²) in [6.07, 6.45) is 0.815. The largest absolute Gasteiger partial charge is 0.500 e. The summed E-state index contributed by atoms with van der Waals surface area (Å²) in [6.45, 7) is 4.45. The van der Waals surface area contributed by atoms with Gasteiger partial charge < -0.3 is 20.1 Å². The quantitative estimate of drug-likeness (QED) is 0.286. The van der Waals surface area contributed by atoms with Crippen LogP contribution in [0.1, 0.15) is 42.2 Å². The summed E-state index contributed by atoms with van der Waals surface area (Å²) < 4.78 is 5.13. The molecule has 0 aromatic heterocycles. The molecule has 0 amide bonds. The van der Waals surface area contributed by atoms with Crippen LogP contribution in [0.15, 0.2) is 53.7 Å². The van der Waals surface area contributed by atoms with Gasteiger partial charge >= 0.3 is 5.69 Å². The number of nitro groups is 1. The standard InChI is InChI=1S/C22H23N3O5S/c1-4-10-24-13(2)18(20(26)14-8-6-5-7-9-14)19(23-22(24)31)15-11-16(25(28)29)21(27)17(12-15)30-3/h5-9,11-12,19,27H,4,10H2,1-3H3,(H,23,31). The summed E-state index contributed by atoms with van der Waals surface area (Å²) in [5.41, 5.74) is 1.48. The molecule has 1 heterocycles. The van der Waals surface area contributed by atoms with Crippen molar-refractivity contribution in [2.45, 2.75) is 26.3 Å². The number of ether oxygens (including phenoxy) is 1. The number of methoxy groups -OCH3 is 1. The Balaban J connectivity index is 2.22. The molecule has 1 aliphatic heterocycles. The van der Waals surface area contributed by atoms with Gasteiger partial charge in [0.05, 0.1) is 18.1 Å². The summed E-state index contributed by atoms with van der Waals surface area (Å²) in [4.78, 5) is 26.2. The minimum atomic E-state index is -0.749. The zero-order chi connectivity index (χ0) is 22.7. The fourth-order valence-electron chi connectivity index (χ4n) is 3.64. The van der Waals surface area contributed by atoms with Crippen molar-refractivity contribution in [2.75, 3.05) is 13.7 Å². The average Bonchev–Trinajstić information content (AvgIpc) is 2.76. The highest BCUT2D eigenvalue weighted by atomic mass is 32.1. The molecule has 1 atom stereocenters. The van der Waals surface area contributed by atoms with Gasteiger partial charge in [-0.1, -0.05) is 37.3 Å². The average molecular weight is 442 g/mol. The number of nitrogens with zero attached hydrogens (tertiary/aromatic N) is 2. The van der Waals surface area contributed by atoms with E-state index in [1.807, 2.05) is 24.8 Å². The third kappa shape index (κ3) is 4.22. The van der Waals surface area contributed by atoms with Crippen molar-refractivity contribution >= 4 is 28.8 Å². The van der Waals surface area contributed by atoms with Gasteiger partial charge in [-0.25, -0.2) is 0 Å². The van der Waals surface area contributed by atoms with Crippen LogP contribution in [0.3, 0.4) is 0 Å². The first-order valence-electron chi connectivity index (χ1n) is 9.73. The van der Waals surface area contributed by atoms with E-state index < -0.39 is 22.4 Å². The molecule has 1 aliphatic rings. The van der Waals surface area contributed by atoms with Crippen LogP contribution in [-0.4, -0.2) is 39.5 Å². The Labute approximate surface area is 185 Å². The van der Waals surface area contributed by atoms with E-state index in [9.17, 15) is 20.0 Å². The normalized spacial score (nSPS) is 16.2. The molecular formula is C22H23N3O5S. The SMILES string of the molecule is CCCN1C(=S)NC(c2cc(OC)c(O)c([N+](=O)[O-])c2)C(C(=O)c2ccccc2)=C1C. The van der Waals surface area contributed by atoms with Crippen LogP contribution in [0.25, 0.3) is 0 Å². The van der Waals surface area contributed by atoms with E-state index in [0.717, 1.165) is 6.42 Å². The smallest absolute Gasteiger partial charge is 0.315 e. The summed E-state index contributed by atoms with van der Waals surface area (Å²) in [5.74, 6) is -0.843. The van der Waals surface area contributed by atoms with Gasteiger partial charge in [0.1, 0.15) is 0 Å². The molecule has 0 fully saturated rings. The molecule has 2 aromatic rings. The number of aromatic hydroxyl groups is 1. The second kappa shape index (κ2) is 9.13. The lowest BCUT2D eigenvalue weighted by molar-refractivity contribution is -0.386. The number of rotatable bonds is 7. The number of hydrogen-bond donors (Lipinski definition) is 2. The Hall–Kier alpha value is -3.46. The number of carbonyl (C=O) groups is 1. The lowest BCUT2D eigenvalue weighted by Gasteiger charge is -2.38. The molecule has 31 heavy (non-hydrogen) atoms. The summed E-state index contributed by atoms with van der Waals surface area (Å²) in [5, 5.41) is 25.2. The number of phenols is 1. The van der Waals surface area contributed by atoms with E-state index in [1.54, 1.807) is 24.3 Å². The molecule has 2 N–H and O–H groups in total.